The molecule has 0 amide bonds. The van der Waals surface area contributed by atoms with E-state index in [9.17, 15) is 8.78 Å². The molecular weight excluding hydrogens is 214 g/mol. The van der Waals surface area contributed by atoms with Gasteiger partial charge in [-0.05, 0) is 35.4 Å². The van der Waals surface area contributed by atoms with Gasteiger partial charge in [-0.25, -0.2) is 8.78 Å². The lowest BCUT2D eigenvalue weighted by atomic mass is 10.1. The zero-order valence-corrected chi connectivity index (χ0v) is 8.64. The van der Waals surface area contributed by atoms with E-state index in [2.05, 4.69) is 12.6 Å². The molecule has 0 aliphatic carbocycles. The molecule has 0 saturated heterocycles. The van der Waals surface area contributed by atoms with Crippen molar-refractivity contribution >= 4 is 12.6 Å². The van der Waals surface area contributed by atoms with Crippen LogP contribution in [-0.2, 0) is 0 Å². The molecule has 0 aliphatic heterocycles. The summed E-state index contributed by atoms with van der Waals surface area (Å²) in [5, 5.41) is 0. The maximum atomic E-state index is 13.0. The van der Waals surface area contributed by atoms with Gasteiger partial charge in [0.25, 0.3) is 0 Å². The first-order valence-corrected chi connectivity index (χ1v) is 4.85. The number of halogens is 2. The quantitative estimate of drug-likeness (QED) is 0.694. The van der Waals surface area contributed by atoms with Gasteiger partial charge in [0.2, 0.25) is 0 Å². The van der Waals surface area contributed by atoms with Gasteiger partial charge >= 0.3 is 0 Å². The molecule has 0 spiro atoms. The maximum Gasteiger partial charge on any atom is 0.126 e. The zero-order chi connectivity index (χ0) is 10.8. The van der Waals surface area contributed by atoms with Gasteiger partial charge in [-0.2, -0.15) is 0 Å². The third kappa shape index (κ3) is 2.36. The largest absolute Gasteiger partial charge is 0.207 e. The first-order valence-electron chi connectivity index (χ1n) is 4.40. The molecule has 0 N–H and O–H groups in total. The molecule has 0 fully saturated rings. The lowest BCUT2D eigenvalue weighted by Gasteiger charge is -2.03. The lowest BCUT2D eigenvalue weighted by molar-refractivity contribution is 0.584. The van der Waals surface area contributed by atoms with Gasteiger partial charge in [0.1, 0.15) is 11.6 Å². The van der Waals surface area contributed by atoms with Crippen LogP contribution in [-0.4, -0.2) is 0 Å². The van der Waals surface area contributed by atoms with Crippen LogP contribution in [0.25, 0.3) is 11.1 Å². The van der Waals surface area contributed by atoms with Crippen molar-refractivity contribution in [1.29, 1.82) is 0 Å². The molecule has 2 rings (SSSR count). The van der Waals surface area contributed by atoms with Crippen LogP contribution in [0.15, 0.2) is 47.4 Å². The van der Waals surface area contributed by atoms with Crippen LogP contribution >= 0.6 is 12.6 Å². The van der Waals surface area contributed by atoms with Crippen LogP contribution in [0.4, 0.5) is 8.78 Å². The highest BCUT2D eigenvalue weighted by atomic mass is 32.1. The van der Waals surface area contributed by atoms with Gasteiger partial charge < -0.3 is 0 Å². The van der Waals surface area contributed by atoms with Crippen molar-refractivity contribution in [2.24, 2.45) is 0 Å². The Kier molecular flexibility index (Phi) is 2.73. The molecule has 0 aromatic heterocycles. The van der Waals surface area contributed by atoms with Gasteiger partial charge in [-0.1, -0.05) is 12.1 Å². The molecule has 0 unspecified atom stereocenters. The van der Waals surface area contributed by atoms with Crippen molar-refractivity contribution in [1.82, 2.24) is 0 Å². The molecule has 15 heavy (non-hydrogen) atoms. The molecule has 0 radical (unpaired) electrons. The smallest absolute Gasteiger partial charge is 0.126 e. The molecule has 0 atom stereocenters. The Balaban J connectivity index is 2.54. The van der Waals surface area contributed by atoms with Crippen LogP contribution in [0, 0.1) is 11.6 Å². The Morgan fingerprint density at radius 2 is 1.47 bits per heavy atom. The second kappa shape index (κ2) is 4.03. The summed E-state index contributed by atoms with van der Waals surface area (Å²) >= 11 is 4.17. The summed E-state index contributed by atoms with van der Waals surface area (Å²) in [6.45, 7) is 0. The minimum atomic E-state index is -0.574. The summed E-state index contributed by atoms with van der Waals surface area (Å²) < 4.78 is 25.9. The van der Waals surface area contributed by atoms with Crippen LogP contribution in [0.1, 0.15) is 0 Å². The van der Waals surface area contributed by atoms with E-state index >= 15 is 0 Å². The van der Waals surface area contributed by atoms with E-state index < -0.39 is 11.6 Å². The number of hydrogen-bond acceptors (Lipinski definition) is 1. The van der Waals surface area contributed by atoms with Gasteiger partial charge in [0.15, 0.2) is 0 Å². The Morgan fingerprint density at radius 3 is 2.07 bits per heavy atom. The van der Waals surface area contributed by atoms with Crippen molar-refractivity contribution in [2.75, 3.05) is 0 Å². The molecular formula is C12H8F2S. The average molecular weight is 222 g/mol. The predicted octanol–water partition coefficient (Wildman–Crippen LogP) is 3.92. The van der Waals surface area contributed by atoms with Gasteiger partial charge in [0, 0.05) is 11.0 Å². The van der Waals surface area contributed by atoms with Gasteiger partial charge in [-0.3, -0.25) is 0 Å². The first-order chi connectivity index (χ1) is 7.15. The normalized spacial score (nSPS) is 10.3. The van der Waals surface area contributed by atoms with E-state index in [1.165, 1.54) is 12.1 Å². The highest BCUT2D eigenvalue weighted by molar-refractivity contribution is 7.80. The van der Waals surface area contributed by atoms with E-state index in [0.717, 1.165) is 16.5 Å². The Labute approximate surface area is 92.0 Å². The molecule has 3 heteroatoms. The SMILES string of the molecule is Fc1cc(F)cc(-c2cccc(S)c2)c1. The third-order valence-corrected chi connectivity index (χ3v) is 2.32. The minimum Gasteiger partial charge on any atom is -0.207 e. The zero-order valence-electron chi connectivity index (χ0n) is 7.74. The molecule has 0 heterocycles. The number of rotatable bonds is 1. The molecule has 0 nitrogen and oxygen atoms in total. The van der Waals surface area contributed by atoms with E-state index in [1.54, 1.807) is 18.2 Å². The Bertz CT molecular complexity index is 474. The summed E-state index contributed by atoms with van der Waals surface area (Å²) in [6.07, 6.45) is 0. The molecule has 0 bridgehead atoms. The van der Waals surface area contributed by atoms with E-state index in [0.29, 0.717) is 5.56 Å². The van der Waals surface area contributed by atoms with Crippen LogP contribution < -0.4 is 0 Å². The van der Waals surface area contributed by atoms with Gasteiger partial charge in [0.05, 0.1) is 0 Å². The van der Waals surface area contributed by atoms with Gasteiger partial charge in [-0.15, -0.1) is 12.6 Å². The second-order valence-corrected chi connectivity index (χ2v) is 3.72. The lowest BCUT2D eigenvalue weighted by Crippen LogP contribution is -1.84. The summed E-state index contributed by atoms with van der Waals surface area (Å²) in [7, 11) is 0. The Hall–Kier alpha value is -1.35. The highest BCUT2D eigenvalue weighted by Crippen LogP contribution is 2.23. The van der Waals surface area contributed by atoms with Crippen molar-refractivity contribution in [2.45, 2.75) is 4.90 Å². The number of hydrogen-bond donors (Lipinski definition) is 1. The van der Waals surface area contributed by atoms with Crippen molar-refractivity contribution in [3.05, 3.63) is 54.1 Å². The maximum absolute atomic E-state index is 13.0. The second-order valence-electron chi connectivity index (χ2n) is 3.21. The fourth-order valence-corrected chi connectivity index (χ4v) is 1.63. The molecule has 0 aliphatic rings. The summed E-state index contributed by atoms with van der Waals surface area (Å²) in [5.74, 6) is -1.15. The average Bonchev–Trinajstić information content (AvgIpc) is 2.16. The summed E-state index contributed by atoms with van der Waals surface area (Å²) in [4.78, 5) is 0.761. The van der Waals surface area contributed by atoms with Crippen molar-refractivity contribution < 1.29 is 8.78 Å². The van der Waals surface area contributed by atoms with Crippen molar-refractivity contribution in [3.63, 3.8) is 0 Å². The van der Waals surface area contributed by atoms with Crippen molar-refractivity contribution in [3.8, 4) is 11.1 Å². The topological polar surface area (TPSA) is 0 Å². The highest BCUT2D eigenvalue weighted by Gasteiger charge is 2.02. The van der Waals surface area contributed by atoms with E-state index in [1.807, 2.05) is 6.07 Å². The molecule has 2 aromatic rings. The molecule has 76 valence electrons. The fraction of sp³-hybridized carbons (Fsp3) is 0. The molecule has 0 saturated carbocycles. The first kappa shape index (κ1) is 10.2. The summed E-state index contributed by atoms with van der Waals surface area (Å²) in [6, 6.07) is 10.6. The van der Waals surface area contributed by atoms with Crippen LogP contribution in [0.2, 0.25) is 0 Å². The van der Waals surface area contributed by atoms with E-state index in [4.69, 9.17) is 0 Å². The number of benzene rings is 2. The molecule has 2 aromatic carbocycles. The predicted molar refractivity (Wildman–Crippen MR) is 59.0 cm³/mol. The standard InChI is InChI=1S/C12H8F2S/c13-10-4-9(5-11(14)7-10)8-2-1-3-12(15)6-8/h1-7,15H. The van der Waals surface area contributed by atoms with Crippen LogP contribution in [0.3, 0.4) is 0 Å². The van der Waals surface area contributed by atoms with Crippen LogP contribution in [0.5, 0.6) is 0 Å². The summed E-state index contributed by atoms with van der Waals surface area (Å²) in [5.41, 5.74) is 1.27. The monoisotopic (exact) mass is 222 g/mol. The minimum absolute atomic E-state index is 0.517. The van der Waals surface area contributed by atoms with E-state index in [-0.39, 0.29) is 0 Å². The third-order valence-electron chi connectivity index (χ3n) is 2.04. The fourth-order valence-electron chi connectivity index (χ4n) is 1.41. The Morgan fingerprint density at radius 1 is 0.800 bits per heavy atom. The number of thiol groups is 1.